The van der Waals surface area contributed by atoms with Gasteiger partial charge in [0.05, 0.1) is 29.1 Å². The Morgan fingerprint density at radius 2 is 1.85 bits per heavy atom. The molecule has 4 nitrogen and oxygen atoms in total. The Balaban J connectivity index is 1.93. The summed E-state index contributed by atoms with van der Waals surface area (Å²) in [7, 11) is 1.45. The van der Waals surface area contributed by atoms with Crippen LogP contribution in [0.2, 0.25) is 5.02 Å². The van der Waals surface area contributed by atoms with Crippen molar-refractivity contribution in [1.82, 2.24) is 0 Å². The number of carbonyl (C=O) groups excluding carboxylic acids is 1. The van der Waals surface area contributed by atoms with E-state index in [4.69, 9.17) is 16.3 Å². The monoisotopic (exact) mass is 398 g/mol. The van der Waals surface area contributed by atoms with Gasteiger partial charge < -0.3 is 15.0 Å². The minimum atomic E-state index is -4.49. The predicted octanol–water partition coefficient (Wildman–Crippen LogP) is 5.22. The van der Waals surface area contributed by atoms with Gasteiger partial charge in [-0.1, -0.05) is 11.6 Å². The number of anilines is 2. The number of amides is 1. The first kappa shape index (κ1) is 19.4. The lowest BCUT2D eigenvalue weighted by molar-refractivity contribution is -0.137. The number of hydrogen-bond donors (Lipinski definition) is 1. The topological polar surface area (TPSA) is 41.6 Å². The number of halogens is 4. The average Bonchev–Trinajstić information content (AvgIpc) is 3.15. The highest BCUT2D eigenvalue weighted by atomic mass is 35.5. The Morgan fingerprint density at radius 3 is 2.44 bits per heavy atom. The van der Waals surface area contributed by atoms with Crippen molar-refractivity contribution in [3.8, 4) is 5.75 Å². The summed E-state index contributed by atoms with van der Waals surface area (Å²) < 4.78 is 44.4. The van der Waals surface area contributed by atoms with Gasteiger partial charge >= 0.3 is 6.18 Å². The average molecular weight is 399 g/mol. The summed E-state index contributed by atoms with van der Waals surface area (Å²) in [4.78, 5) is 14.6. The zero-order chi connectivity index (χ0) is 19.6. The fourth-order valence-corrected chi connectivity index (χ4v) is 3.31. The van der Waals surface area contributed by atoms with E-state index in [0.717, 1.165) is 38.1 Å². The molecule has 0 saturated carbocycles. The van der Waals surface area contributed by atoms with Crippen LogP contribution in [0.15, 0.2) is 36.4 Å². The number of rotatable bonds is 4. The fourth-order valence-electron chi connectivity index (χ4n) is 3.05. The molecular weight excluding hydrogens is 381 g/mol. The van der Waals surface area contributed by atoms with E-state index in [2.05, 4.69) is 5.32 Å². The number of nitrogens with one attached hydrogen (secondary N) is 1. The molecule has 8 heteroatoms. The zero-order valence-electron chi connectivity index (χ0n) is 14.6. The molecular formula is C19H18ClF3N2O2. The summed E-state index contributed by atoms with van der Waals surface area (Å²) in [5, 5.41) is 2.85. The molecule has 0 atom stereocenters. The van der Waals surface area contributed by atoms with Crippen molar-refractivity contribution >= 4 is 28.9 Å². The smallest absolute Gasteiger partial charge is 0.416 e. The molecule has 144 valence electrons. The highest BCUT2D eigenvalue weighted by molar-refractivity contribution is 6.32. The molecule has 1 aliphatic rings. The summed E-state index contributed by atoms with van der Waals surface area (Å²) in [6.45, 7) is 1.48. The lowest BCUT2D eigenvalue weighted by Crippen LogP contribution is -2.22. The summed E-state index contributed by atoms with van der Waals surface area (Å²) in [6.07, 6.45) is -2.57. The number of nitrogens with zero attached hydrogens (tertiary/aromatic N) is 1. The molecule has 1 saturated heterocycles. The molecule has 1 N–H and O–H groups in total. The van der Waals surface area contributed by atoms with E-state index in [9.17, 15) is 18.0 Å². The maximum absolute atomic E-state index is 13.1. The van der Waals surface area contributed by atoms with Crippen LogP contribution >= 0.6 is 11.6 Å². The van der Waals surface area contributed by atoms with E-state index in [1.165, 1.54) is 31.4 Å². The Morgan fingerprint density at radius 1 is 1.15 bits per heavy atom. The van der Waals surface area contributed by atoms with E-state index in [0.29, 0.717) is 11.4 Å². The third kappa shape index (κ3) is 4.30. The summed E-state index contributed by atoms with van der Waals surface area (Å²) in [6, 6.07) is 7.86. The first-order chi connectivity index (χ1) is 12.8. The Labute approximate surface area is 159 Å². The Hall–Kier alpha value is -2.41. The third-order valence-corrected chi connectivity index (χ3v) is 4.73. The van der Waals surface area contributed by atoms with E-state index >= 15 is 0 Å². The van der Waals surface area contributed by atoms with Gasteiger partial charge in [-0.15, -0.1) is 0 Å². The van der Waals surface area contributed by atoms with Crippen molar-refractivity contribution in [3.63, 3.8) is 0 Å². The summed E-state index contributed by atoms with van der Waals surface area (Å²) in [5.74, 6) is -0.135. The summed E-state index contributed by atoms with van der Waals surface area (Å²) in [5.41, 5.74) is 0.121. The molecule has 27 heavy (non-hydrogen) atoms. The van der Waals surface area contributed by atoms with Crippen LogP contribution in [0.25, 0.3) is 0 Å². The highest BCUT2D eigenvalue weighted by Gasteiger charge is 2.32. The molecule has 3 rings (SSSR count). The number of alkyl halides is 3. The van der Waals surface area contributed by atoms with Gasteiger partial charge in [0.1, 0.15) is 5.75 Å². The Bertz CT molecular complexity index is 849. The molecule has 0 unspecified atom stereocenters. The molecule has 0 aromatic heterocycles. The molecule has 2 aromatic carbocycles. The maximum Gasteiger partial charge on any atom is 0.416 e. The molecule has 1 aliphatic heterocycles. The van der Waals surface area contributed by atoms with Gasteiger partial charge in [0.2, 0.25) is 0 Å². The number of methoxy groups -OCH3 is 1. The lowest BCUT2D eigenvalue weighted by Gasteiger charge is -2.23. The second kappa shape index (κ2) is 7.68. The van der Waals surface area contributed by atoms with Crippen molar-refractivity contribution in [3.05, 3.63) is 52.5 Å². The van der Waals surface area contributed by atoms with Gasteiger partial charge in [-0.25, -0.2) is 0 Å². The standard InChI is InChI=1S/C19H18ClF3N2O2/c1-27-17-7-4-12(10-14(17)20)18(26)24-15-11-13(19(21,22)23)5-6-16(15)25-8-2-3-9-25/h4-7,10-11H,2-3,8-9H2,1H3,(H,24,26). The van der Waals surface area contributed by atoms with Crippen LogP contribution in [0.5, 0.6) is 5.75 Å². The van der Waals surface area contributed by atoms with Crippen molar-refractivity contribution in [2.45, 2.75) is 19.0 Å². The van der Waals surface area contributed by atoms with Gasteiger partial charge in [-0.3, -0.25) is 4.79 Å². The van der Waals surface area contributed by atoms with Gasteiger partial charge in [-0.05, 0) is 49.2 Å². The third-order valence-electron chi connectivity index (χ3n) is 4.43. The van der Waals surface area contributed by atoms with Crippen LogP contribution in [-0.2, 0) is 6.18 Å². The van der Waals surface area contributed by atoms with E-state index in [1.807, 2.05) is 4.90 Å². The first-order valence-electron chi connectivity index (χ1n) is 8.40. The number of ether oxygens (including phenoxy) is 1. The SMILES string of the molecule is COc1ccc(C(=O)Nc2cc(C(F)(F)F)ccc2N2CCCC2)cc1Cl. The van der Waals surface area contributed by atoms with Crippen molar-refractivity contribution in [1.29, 1.82) is 0 Å². The van der Waals surface area contributed by atoms with Crippen LogP contribution in [0.1, 0.15) is 28.8 Å². The molecule has 0 aliphatic carbocycles. The van der Waals surface area contributed by atoms with Crippen LogP contribution in [0.3, 0.4) is 0 Å². The molecule has 1 amide bonds. The summed E-state index contributed by atoms with van der Waals surface area (Å²) >= 11 is 6.03. The molecule has 1 fully saturated rings. The molecule has 0 radical (unpaired) electrons. The molecule has 1 heterocycles. The minimum Gasteiger partial charge on any atom is -0.495 e. The van der Waals surface area contributed by atoms with Gasteiger partial charge in [-0.2, -0.15) is 13.2 Å². The second-order valence-electron chi connectivity index (χ2n) is 6.23. The second-order valence-corrected chi connectivity index (χ2v) is 6.63. The zero-order valence-corrected chi connectivity index (χ0v) is 15.3. The quantitative estimate of drug-likeness (QED) is 0.767. The molecule has 2 aromatic rings. The van der Waals surface area contributed by atoms with Gasteiger partial charge in [0.25, 0.3) is 5.91 Å². The van der Waals surface area contributed by atoms with Crippen LogP contribution in [-0.4, -0.2) is 26.1 Å². The van der Waals surface area contributed by atoms with Crippen LogP contribution in [0.4, 0.5) is 24.5 Å². The Kier molecular flexibility index (Phi) is 5.51. The largest absolute Gasteiger partial charge is 0.495 e. The fraction of sp³-hybridized carbons (Fsp3) is 0.316. The maximum atomic E-state index is 13.1. The van der Waals surface area contributed by atoms with Crippen molar-refractivity contribution in [2.24, 2.45) is 0 Å². The minimum absolute atomic E-state index is 0.128. The number of hydrogen-bond acceptors (Lipinski definition) is 3. The number of benzene rings is 2. The predicted molar refractivity (Wildman–Crippen MR) is 98.8 cm³/mol. The van der Waals surface area contributed by atoms with E-state index < -0.39 is 17.6 Å². The van der Waals surface area contributed by atoms with Gasteiger partial charge in [0.15, 0.2) is 0 Å². The van der Waals surface area contributed by atoms with Crippen molar-refractivity contribution < 1.29 is 22.7 Å². The highest BCUT2D eigenvalue weighted by Crippen LogP contribution is 2.37. The van der Waals surface area contributed by atoms with Gasteiger partial charge in [0, 0.05) is 18.7 Å². The molecule has 0 bridgehead atoms. The lowest BCUT2D eigenvalue weighted by atomic mass is 10.1. The first-order valence-corrected chi connectivity index (χ1v) is 8.78. The van der Waals surface area contributed by atoms with Crippen LogP contribution < -0.4 is 15.0 Å². The van der Waals surface area contributed by atoms with Crippen molar-refractivity contribution in [2.75, 3.05) is 30.4 Å². The normalized spacial score (nSPS) is 14.3. The van der Waals surface area contributed by atoms with E-state index in [1.54, 1.807) is 0 Å². The van der Waals surface area contributed by atoms with E-state index in [-0.39, 0.29) is 16.3 Å². The molecule has 0 spiro atoms. The number of carbonyl (C=O) groups is 1. The van der Waals surface area contributed by atoms with Crippen LogP contribution in [0, 0.1) is 0 Å².